The Morgan fingerprint density at radius 1 is 1.29 bits per heavy atom. The summed E-state index contributed by atoms with van der Waals surface area (Å²) in [6.45, 7) is 6.60. The predicted octanol–water partition coefficient (Wildman–Crippen LogP) is 4.82. The van der Waals surface area contributed by atoms with Gasteiger partial charge in [-0.05, 0) is 49.3 Å². The molecule has 1 saturated heterocycles. The van der Waals surface area contributed by atoms with Crippen LogP contribution in [0.15, 0.2) is 22.7 Å². The third-order valence-electron chi connectivity index (χ3n) is 3.77. The molecule has 1 aromatic carbocycles. The van der Waals surface area contributed by atoms with Gasteiger partial charge >= 0.3 is 0 Å². The molecule has 1 heterocycles. The van der Waals surface area contributed by atoms with Gasteiger partial charge in [-0.1, -0.05) is 41.9 Å². The molecule has 1 nitrogen and oxygen atoms in total. The number of halogens is 1. The van der Waals surface area contributed by atoms with Crippen molar-refractivity contribution >= 4 is 15.9 Å². The highest BCUT2D eigenvalue weighted by Crippen LogP contribution is 2.36. The lowest BCUT2D eigenvalue weighted by molar-refractivity contribution is 0.349. The van der Waals surface area contributed by atoms with Gasteiger partial charge < -0.3 is 4.74 Å². The van der Waals surface area contributed by atoms with Gasteiger partial charge in [-0.3, -0.25) is 0 Å². The zero-order chi connectivity index (χ0) is 12.4. The molecule has 2 rings (SSSR count). The highest BCUT2D eigenvalue weighted by Gasteiger charge is 2.38. The molecule has 2 heteroatoms. The summed E-state index contributed by atoms with van der Waals surface area (Å²) < 4.78 is 6.88. The van der Waals surface area contributed by atoms with Gasteiger partial charge in [0, 0.05) is 4.47 Å². The molecule has 3 atom stereocenters. The molecular weight excluding hydrogens is 276 g/mol. The van der Waals surface area contributed by atoms with E-state index in [1.54, 1.807) is 0 Å². The second-order valence-electron chi connectivity index (χ2n) is 4.97. The standard InChI is InChI=1S/C15H21BrO/c1-4-11(9-15-14(5-2)17-15)12-7-6-10(3)13(16)8-12/h6-8,11,14-15H,4-5,9H2,1-3H3. The zero-order valence-corrected chi connectivity index (χ0v) is 12.5. The number of epoxide rings is 1. The summed E-state index contributed by atoms with van der Waals surface area (Å²) in [5.74, 6) is 0.633. The van der Waals surface area contributed by atoms with Crippen LogP contribution in [-0.4, -0.2) is 12.2 Å². The highest BCUT2D eigenvalue weighted by atomic mass is 79.9. The Hall–Kier alpha value is -0.340. The Balaban J connectivity index is 2.04. The van der Waals surface area contributed by atoms with E-state index in [9.17, 15) is 0 Å². The first-order chi connectivity index (χ1) is 8.15. The van der Waals surface area contributed by atoms with Gasteiger partial charge in [-0.25, -0.2) is 0 Å². The van der Waals surface area contributed by atoms with Gasteiger partial charge in [-0.15, -0.1) is 0 Å². The number of ether oxygens (including phenoxy) is 1. The van der Waals surface area contributed by atoms with E-state index in [4.69, 9.17) is 4.74 Å². The van der Waals surface area contributed by atoms with E-state index in [0.29, 0.717) is 18.1 Å². The molecule has 0 N–H and O–H groups in total. The molecule has 0 aromatic heterocycles. The fraction of sp³-hybridized carbons (Fsp3) is 0.600. The number of aryl methyl sites for hydroxylation is 1. The average Bonchev–Trinajstić information content (AvgIpc) is 3.08. The normalized spacial score (nSPS) is 24.7. The summed E-state index contributed by atoms with van der Waals surface area (Å²) in [5, 5.41) is 0. The number of hydrogen-bond donors (Lipinski definition) is 0. The van der Waals surface area contributed by atoms with E-state index in [-0.39, 0.29) is 0 Å². The molecule has 94 valence electrons. The lowest BCUT2D eigenvalue weighted by Crippen LogP contribution is -2.04. The van der Waals surface area contributed by atoms with Crippen molar-refractivity contribution in [1.82, 2.24) is 0 Å². The summed E-state index contributed by atoms with van der Waals surface area (Å²) in [7, 11) is 0. The Kier molecular flexibility index (Phi) is 4.26. The van der Waals surface area contributed by atoms with Gasteiger partial charge in [0.1, 0.15) is 0 Å². The molecule has 1 aromatic rings. The Morgan fingerprint density at radius 2 is 2.06 bits per heavy atom. The van der Waals surface area contributed by atoms with E-state index in [1.165, 1.54) is 28.4 Å². The Bertz CT molecular complexity index is 389. The van der Waals surface area contributed by atoms with Gasteiger partial charge in [0.2, 0.25) is 0 Å². The van der Waals surface area contributed by atoms with Gasteiger partial charge in [0.25, 0.3) is 0 Å². The van der Waals surface area contributed by atoms with E-state index in [2.05, 4.69) is 54.9 Å². The van der Waals surface area contributed by atoms with Crippen molar-refractivity contribution in [3.05, 3.63) is 33.8 Å². The maximum atomic E-state index is 5.66. The number of rotatable bonds is 5. The Morgan fingerprint density at radius 3 is 2.59 bits per heavy atom. The predicted molar refractivity (Wildman–Crippen MR) is 75.5 cm³/mol. The summed E-state index contributed by atoms with van der Waals surface area (Å²) in [5.41, 5.74) is 2.74. The van der Waals surface area contributed by atoms with E-state index in [1.807, 2.05) is 0 Å². The second-order valence-corrected chi connectivity index (χ2v) is 5.83. The van der Waals surface area contributed by atoms with Crippen LogP contribution in [0.5, 0.6) is 0 Å². The summed E-state index contributed by atoms with van der Waals surface area (Å²) in [6, 6.07) is 6.73. The molecule has 1 fully saturated rings. The largest absolute Gasteiger partial charge is 0.370 e. The molecule has 0 amide bonds. The first kappa shape index (κ1) is 13.1. The van der Waals surface area contributed by atoms with Crippen molar-refractivity contribution in [1.29, 1.82) is 0 Å². The van der Waals surface area contributed by atoms with Crippen LogP contribution in [0.1, 0.15) is 50.2 Å². The van der Waals surface area contributed by atoms with Gasteiger partial charge in [0.15, 0.2) is 0 Å². The van der Waals surface area contributed by atoms with Crippen LogP contribution in [-0.2, 0) is 4.74 Å². The van der Waals surface area contributed by atoms with Crippen LogP contribution in [0.4, 0.5) is 0 Å². The zero-order valence-electron chi connectivity index (χ0n) is 10.9. The first-order valence-electron chi connectivity index (χ1n) is 6.57. The van der Waals surface area contributed by atoms with Crippen molar-refractivity contribution in [2.24, 2.45) is 0 Å². The lowest BCUT2D eigenvalue weighted by atomic mass is 9.90. The number of benzene rings is 1. The molecular formula is C15H21BrO. The SMILES string of the molecule is CCC(CC1OC1CC)c1ccc(C)c(Br)c1. The molecule has 1 aliphatic rings. The van der Waals surface area contributed by atoms with E-state index >= 15 is 0 Å². The quantitative estimate of drug-likeness (QED) is 0.710. The van der Waals surface area contributed by atoms with Gasteiger partial charge in [0.05, 0.1) is 12.2 Å². The van der Waals surface area contributed by atoms with E-state index < -0.39 is 0 Å². The van der Waals surface area contributed by atoms with Crippen molar-refractivity contribution in [2.75, 3.05) is 0 Å². The molecule has 0 bridgehead atoms. The third-order valence-corrected chi connectivity index (χ3v) is 4.62. The van der Waals surface area contributed by atoms with Crippen LogP contribution in [0.2, 0.25) is 0 Å². The summed E-state index contributed by atoms with van der Waals surface area (Å²) >= 11 is 3.62. The smallest absolute Gasteiger partial charge is 0.0847 e. The average molecular weight is 297 g/mol. The summed E-state index contributed by atoms with van der Waals surface area (Å²) in [6.07, 6.45) is 4.54. The van der Waals surface area contributed by atoms with Crippen LogP contribution < -0.4 is 0 Å². The molecule has 1 aliphatic heterocycles. The molecule has 0 aliphatic carbocycles. The number of hydrogen-bond acceptors (Lipinski definition) is 1. The van der Waals surface area contributed by atoms with Crippen molar-refractivity contribution in [2.45, 2.75) is 58.2 Å². The maximum absolute atomic E-state index is 5.66. The Labute approximate surface area is 113 Å². The van der Waals surface area contributed by atoms with Crippen molar-refractivity contribution in [3.8, 4) is 0 Å². The van der Waals surface area contributed by atoms with Crippen molar-refractivity contribution in [3.63, 3.8) is 0 Å². The van der Waals surface area contributed by atoms with Crippen LogP contribution >= 0.6 is 15.9 Å². The minimum absolute atomic E-state index is 0.505. The maximum Gasteiger partial charge on any atom is 0.0847 e. The summed E-state index contributed by atoms with van der Waals surface area (Å²) in [4.78, 5) is 0. The monoisotopic (exact) mass is 296 g/mol. The van der Waals surface area contributed by atoms with Crippen LogP contribution in [0, 0.1) is 6.92 Å². The topological polar surface area (TPSA) is 12.5 Å². The fourth-order valence-corrected chi connectivity index (χ4v) is 2.82. The molecule has 17 heavy (non-hydrogen) atoms. The van der Waals surface area contributed by atoms with Crippen LogP contribution in [0.25, 0.3) is 0 Å². The molecule has 0 spiro atoms. The van der Waals surface area contributed by atoms with Crippen molar-refractivity contribution < 1.29 is 4.74 Å². The second kappa shape index (κ2) is 5.53. The molecule has 3 unspecified atom stereocenters. The molecule has 0 saturated carbocycles. The minimum atomic E-state index is 0.505. The van der Waals surface area contributed by atoms with Gasteiger partial charge in [-0.2, -0.15) is 0 Å². The molecule has 0 radical (unpaired) electrons. The highest BCUT2D eigenvalue weighted by molar-refractivity contribution is 9.10. The lowest BCUT2D eigenvalue weighted by Gasteiger charge is -2.15. The van der Waals surface area contributed by atoms with E-state index in [0.717, 1.165) is 6.42 Å². The fourth-order valence-electron chi connectivity index (χ4n) is 2.43. The van der Waals surface area contributed by atoms with Crippen LogP contribution in [0.3, 0.4) is 0 Å². The minimum Gasteiger partial charge on any atom is -0.370 e. The first-order valence-corrected chi connectivity index (χ1v) is 7.36. The third kappa shape index (κ3) is 3.11.